The molecule has 0 saturated heterocycles. The fourth-order valence-corrected chi connectivity index (χ4v) is 5.43. The van der Waals surface area contributed by atoms with Crippen molar-refractivity contribution in [2.24, 2.45) is 0 Å². The Morgan fingerprint density at radius 1 is 0.950 bits per heavy atom. The van der Waals surface area contributed by atoms with Crippen LogP contribution in [-0.4, -0.2) is 32.4 Å². The Balaban J connectivity index is 1.50. The number of anilines is 1. The summed E-state index contributed by atoms with van der Waals surface area (Å²) in [5.41, 5.74) is 6.89. The van der Waals surface area contributed by atoms with Crippen molar-refractivity contribution < 1.29 is 9.53 Å². The zero-order valence-corrected chi connectivity index (χ0v) is 23.2. The third kappa shape index (κ3) is 4.53. The molecule has 1 atom stereocenters. The van der Waals surface area contributed by atoms with Gasteiger partial charge in [-0.25, -0.2) is 9.48 Å². The van der Waals surface area contributed by atoms with Crippen LogP contribution in [0.5, 0.6) is 5.75 Å². The molecule has 40 heavy (non-hydrogen) atoms. The first kappa shape index (κ1) is 25.5. The summed E-state index contributed by atoms with van der Waals surface area (Å²) >= 11 is 0. The molecule has 0 bridgehead atoms. The standard InChI is InChI=1S/C33H33N5O2/c1-22(2)24-12-14-25(15-13-24)31-30-11-8-20-36(30)32-29(23(3)35-38(32)27-9-6-5-7-10-27)21-37(31)33(39)34-26-16-18-28(40-4)19-17-26/h5-20,22,31H,21H2,1-4H3,(H,34,39)/t31-/m1/s1. The van der Waals surface area contributed by atoms with Gasteiger partial charge in [0.2, 0.25) is 0 Å². The number of aromatic nitrogens is 3. The fraction of sp³-hybridized carbons (Fsp3) is 0.212. The number of nitrogens with one attached hydrogen (secondary N) is 1. The van der Waals surface area contributed by atoms with Crippen LogP contribution in [0.15, 0.2) is 97.2 Å². The number of aryl methyl sites for hydroxylation is 1. The fourth-order valence-electron chi connectivity index (χ4n) is 5.43. The van der Waals surface area contributed by atoms with Crippen LogP contribution in [0.2, 0.25) is 0 Å². The molecule has 2 amide bonds. The predicted molar refractivity (Wildman–Crippen MR) is 158 cm³/mol. The number of nitrogens with zero attached hydrogens (tertiary/aromatic N) is 4. The maximum absolute atomic E-state index is 14.1. The second-order valence-corrected chi connectivity index (χ2v) is 10.4. The molecule has 0 saturated carbocycles. The highest BCUT2D eigenvalue weighted by molar-refractivity contribution is 5.90. The van der Waals surface area contributed by atoms with E-state index in [1.165, 1.54) is 5.56 Å². The van der Waals surface area contributed by atoms with Crippen LogP contribution in [0.1, 0.15) is 53.9 Å². The molecule has 2 aromatic heterocycles. The molecule has 1 aliphatic heterocycles. The number of benzene rings is 3. The Morgan fingerprint density at radius 2 is 1.68 bits per heavy atom. The summed E-state index contributed by atoms with van der Waals surface area (Å²) in [6.07, 6.45) is 2.06. The largest absolute Gasteiger partial charge is 0.497 e. The zero-order chi connectivity index (χ0) is 27.8. The van der Waals surface area contributed by atoms with Gasteiger partial charge in [-0.15, -0.1) is 0 Å². The van der Waals surface area contributed by atoms with Gasteiger partial charge in [-0.05, 0) is 72.5 Å². The monoisotopic (exact) mass is 531 g/mol. The van der Waals surface area contributed by atoms with Crippen molar-refractivity contribution in [1.82, 2.24) is 19.2 Å². The van der Waals surface area contributed by atoms with Gasteiger partial charge in [-0.2, -0.15) is 5.10 Å². The summed E-state index contributed by atoms with van der Waals surface area (Å²) in [6.45, 7) is 6.79. The second-order valence-electron chi connectivity index (χ2n) is 10.4. The minimum absolute atomic E-state index is 0.185. The minimum atomic E-state index is -0.314. The van der Waals surface area contributed by atoms with E-state index in [4.69, 9.17) is 9.84 Å². The molecular weight excluding hydrogens is 498 g/mol. The average molecular weight is 532 g/mol. The number of methoxy groups -OCH3 is 1. The van der Waals surface area contributed by atoms with Gasteiger partial charge in [0.05, 0.1) is 36.8 Å². The van der Waals surface area contributed by atoms with E-state index in [0.29, 0.717) is 18.2 Å². The molecule has 1 N–H and O–H groups in total. The van der Waals surface area contributed by atoms with Crippen LogP contribution in [0.3, 0.4) is 0 Å². The summed E-state index contributed by atoms with van der Waals surface area (Å²) < 4.78 is 9.46. The van der Waals surface area contributed by atoms with Crippen LogP contribution in [-0.2, 0) is 6.54 Å². The number of hydrogen-bond acceptors (Lipinski definition) is 3. The van der Waals surface area contributed by atoms with E-state index >= 15 is 0 Å². The van der Waals surface area contributed by atoms with Gasteiger partial charge in [0.15, 0.2) is 0 Å². The molecule has 202 valence electrons. The smallest absolute Gasteiger partial charge is 0.322 e. The van der Waals surface area contributed by atoms with Crippen LogP contribution < -0.4 is 10.1 Å². The topological polar surface area (TPSA) is 64.3 Å². The van der Waals surface area contributed by atoms with Gasteiger partial charge in [0.1, 0.15) is 11.6 Å². The number of amides is 2. The Morgan fingerprint density at radius 3 is 2.35 bits per heavy atom. The second kappa shape index (κ2) is 10.4. The quantitative estimate of drug-likeness (QED) is 0.260. The van der Waals surface area contributed by atoms with Crippen molar-refractivity contribution in [3.63, 3.8) is 0 Å². The van der Waals surface area contributed by atoms with Gasteiger partial charge in [0, 0.05) is 17.4 Å². The Kier molecular flexibility index (Phi) is 6.64. The van der Waals surface area contributed by atoms with Crippen molar-refractivity contribution in [3.8, 4) is 17.3 Å². The molecule has 0 unspecified atom stereocenters. The summed E-state index contributed by atoms with van der Waals surface area (Å²) in [7, 11) is 1.63. The average Bonchev–Trinajstić information content (AvgIpc) is 3.54. The van der Waals surface area contributed by atoms with E-state index in [9.17, 15) is 4.79 Å². The number of fused-ring (bicyclic) bond motifs is 3. The lowest BCUT2D eigenvalue weighted by atomic mass is 9.97. The van der Waals surface area contributed by atoms with E-state index in [0.717, 1.165) is 39.8 Å². The lowest BCUT2D eigenvalue weighted by Gasteiger charge is -2.31. The third-order valence-electron chi connectivity index (χ3n) is 7.61. The number of rotatable bonds is 5. The van der Waals surface area contributed by atoms with E-state index in [-0.39, 0.29) is 12.1 Å². The first-order valence-corrected chi connectivity index (χ1v) is 13.6. The molecule has 7 heteroatoms. The SMILES string of the molecule is COc1ccc(NC(=O)N2Cc3c(C)nn(-c4ccccc4)c3-n3cccc3[C@H]2c2ccc(C(C)C)cc2)cc1. The molecule has 3 aromatic carbocycles. The maximum atomic E-state index is 14.1. The number of hydrogen-bond donors (Lipinski definition) is 1. The number of carbonyl (C=O) groups is 1. The van der Waals surface area contributed by atoms with Crippen molar-refractivity contribution in [3.05, 3.63) is 125 Å². The van der Waals surface area contributed by atoms with Gasteiger partial charge < -0.3 is 19.5 Å². The molecule has 0 fully saturated rings. The molecule has 0 radical (unpaired) electrons. The van der Waals surface area contributed by atoms with Crippen molar-refractivity contribution in [2.45, 2.75) is 39.3 Å². The van der Waals surface area contributed by atoms with Crippen LogP contribution in [0, 0.1) is 6.92 Å². The first-order valence-electron chi connectivity index (χ1n) is 13.6. The van der Waals surface area contributed by atoms with Crippen LogP contribution in [0.4, 0.5) is 10.5 Å². The van der Waals surface area contributed by atoms with Crippen LogP contribution >= 0.6 is 0 Å². The molecule has 7 nitrogen and oxygen atoms in total. The Hall–Kier alpha value is -4.78. The molecule has 1 aliphatic rings. The Labute approximate surface area is 234 Å². The summed E-state index contributed by atoms with van der Waals surface area (Å²) in [5.74, 6) is 2.11. The predicted octanol–water partition coefficient (Wildman–Crippen LogP) is 7.24. The molecule has 0 aliphatic carbocycles. The van der Waals surface area contributed by atoms with Crippen molar-refractivity contribution in [2.75, 3.05) is 12.4 Å². The first-order chi connectivity index (χ1) is 19.4. The zero-order valence-electron chi connectivity index (χ0n) is 23.2. The number of para-hydroxylation sites is 1. The van der Waals surface area contributed by atoms with E-state index in [1.807, 2.05) is 65.0 Å². The van der Waals surface area contributed by atoms with Gasteiger partial charge >= 0.3 is 6.03 Å². The number of carbonyl (C=O) groups excluding carboxylic acids is 1. The van der Waals surface area contributed by atoms with E-state index in [2.05, 4.69) is 72.4 Å². The number of ether oxygens (including phenoxy) is 1. The highest BCUT2D eigenvalue weighted by Gasteiger charge is 2.36. The molecule has 0 spiro atoms. The van der Waals surface area contributed by atoms with Crippen molar-refractivity contribution in [1.29, 1.82) is 0 Å². The third-order valence-corrected chi connectivity index (χ3v) is 7.61. The highest BCUT2D eigenvalue weighted by Crippen LogP contribution is 2.39. The summed E-state index contributed by atoms with van der Waals surface area (Å²) in [5, 5.41) is 8.06. The molecule has 6 rings (SSSR count). The van der Waals surface area contributed by atoms with Crippen molar-refractivity contribution >= 4 is 11.7 Å². The van der Waals surface area contributed by atoms with Crippen LogP contribution in [0.25, 0.3) is 11.5 Å². The Bertz CT molecular complexity index is 1630. The maximum Gasteiger partial charge on any atom is 0.322 e. The lowest BCUT2D eigenvalue weighted by molar-refractivity contribution is 0.194. The van der Waals surface area contributed by atoms with E-state index < -0.39 is 0 Å². The van der Waals surface area contributed by atoms with E-state index in [1.54, 1.807) is 7.11 Å². The molecule has 5 aromatic rings. The number of urea groups is 1. The van der Waals surface area contributed by atoms with Gasteiger partial charge in [-0.1, -0.05) is 56.3 Å². The highest BCUT2D eigenvalue weighted by atomic mass is 16.5. The lowest BCUT2D eigenvalue weighted by Crippen LogP contribution is -2.38. The normalized spacial score (nSPS) is 14.4. The minimum Gasteiger partial charge on any atom is -0.497 e. The van der Waals surface area contributed by atoms with Gasteiger partial charge in [-0.3, -0.25) is 0 Å². The summed E-state index contributed by atoms with van der Waals surface area (Å²) in [6, 6.07) is 29.8. The summed E-state index contributed by atoms with van der Waals surface area (Å²) in [4.78, 5) is 16.0. The van der Waals surface area contributed by atoms with Gasteiger partial charge in [0.25, 0.3) is 0 Å². The molecular formula is C33H33N5O2. The molecule has 3 heterocycles.